The lowest BCUT2D eigenvalue weighted by molar-refractivity contribution is -0.873. The van der Waals surface area contributed by atoms with Crippen molar-refractivity contribution in [2.75, 3.05) is 27.7 Å². The molecule has 2 atom stereocenters. The molecule has 0 bridgehead atoms. The van der Waals surface area contributed by atoms with E-state index in [0.717, 1.165) is 6.42 Å². The first kappa shape index (κ1) is 20.6. The molecule has 0 aliphatic carbocycles. The van der Waals surface area contributed by atoms with Crippen LogP contribution in [0.2, 0.25) is 0 Å². The highest BCUT2D eigenvalue weighted by atomic mass is 16.5. The molecular weight excluding hydrogens is 286 g/mol. The van der Waals surface area contributed by atoms with Crippen LogP contribution in [0, 0.1) is 0 Å². The summed E-state index contributed by atoms with van der Waals surface area (Å²) in [5.41, 5.74) is 0. The average Bonchev–Trinajstić information content (AvgIpc) is 2.32. The summed E-state index contributed by atoms with van der Waals surface area (Å²) in [7, 11) is 5.75. The molecule has 0 saturated heterocycles. The highest BCUT2D eigenvalue weighted by Gasteiger charge is 2.24. The summed E-state index contributed by atoms with van der Waals surface area (Å²) in [5.74, 6) is -1.39. The van der Waals surface area contributed by atoms with E-state index in [0.29, 0.717) is 23.9 Å². The highest BCUT2D eigenvalue weighted by Crippen LogP contribution is 2.08. The molecule has 0 aromatic rings. The number of carbonyl (C=O) groups is 2. The maximum absolute atomic E-state index is 11.8. The number of ether oxygens (including phenoxy) is 1. The molecular formula is C16H30NO5+. The van der Waals surface area contributed by atoms with E-state index in [-0.39, 0.29) is 12.8 Å². The number of esters is 1. The van der Waals surface area contributed by atoms with E-state index < -0.39 is 24.1 Å². The van der Waals surface area contributed by atoms with Crippen LogP contribution in [0.4, 0.5) is 0 Å². The van der Waals surface area contributed by atoms with Gasteiger partial charge in [0.25, 0.3) is 0 Å². The number of rotatable bonds is 11. The number of aliphatic hydroxyl groups excluding tert-OH is 1. The number of hydrogen-bond acceptors (Lipinski definition) is 4. The Morgan fingerprint density at radius 1 is 1.27 bits per heavy atom. The van der Waals surface area contributed by atoms with Gasteiger partial charge in [0.2, 0.25) is 0 Å². The van der Waals surface area contributed by atoms with Gasteiger partial charge in [-0.25, -0.2) is 0 Å². The molecule has 0 radical (unpaired) electrons. The van der Waals surface area contributed by atoms with Crippen LogP contribution < -0.4 is 0 Å². The van der Waals surface area contributed by atoms with Gasteiger partial charge >= 0.3 is 11.9 Å². The zero-order valence-electron chi connectivity index (χ0n) is 14.1. The molecule has 0 amide bonds. The molecule has 0 saturated carbocycles. The summed E-state index contributed by atoms with van der Waals surface area (Å²) < 4.78 is 5.78. The Morgan fingerprint density at radius 3 is 2.41 bits per heavy atom. The topological polar surface area (TPSA) is 83.8 Å². The lowest BCUT2D eigenvalue weighted by Crippen LogP contribution is -2.43. The Hall–Kier alpha value is -1.40. The van der Waals surface area contributed by atoms with Gasteiger partial charge in [0, 0.05) is 6.42 Å². The number of aliphatic carboxylic acids is 1. The van der Waals surface area contributed by atoms with Gasteiger partial charge in [-0.3, -0.25) is 9.59 Å². The molecule has 0 fully saturated rings. The largest absolute Gasteiger partial charge is 0.481 e. The van der Waals surface area contributed by atoms with Crippen molar-refractivity contribution in [1.82, 2.24) is 0 Å². The van der Waals surface area contributed by atoms with E-state index in [1.807, 2.05) is 28.1 Å². The summed E-state index contributed by atoms with van der Waals surface area (Å²) in [6.45, 7) is 2.44. The summed E-state index contributed by atoms with van der Waals surface area (Å²) in [5, 5.41) is 18.4. The lowest BCUT2D eigenvalue weighted by atomic mass is 10.2. The molecule has 6 nitrogen and oxygen atoms in total. The third-order valence-corrected chi connectivity index (χ3v) is 2.91. The molecule has 22 heavy (non-hydrogen) atoms. The second kappa shape index (κ2) is 10.3. The molecule has 0 aromatic carbocycles. The Morgan fingerprint density at radius 2 is 1.91 bits per heavy atom. The van der Waals surface area contributed by atoms with E-state index in [1.165, 1.54) is 0 Å². The summed E-state index contributed by atoms with van der Waals surface area (Å²) in [6, 6.07) is 0. The SMILES string of the molecule is CCCC(O)/C=C/CCC(=O)OC(CC(=O)O)C[N+](C)(C)C. The van der Waals surface area contributed by atoms with Crippen molar-refractivity contribution in [3.63, 3.8) is 0 Å². The second-order valence-electron chi connectivity index (χ2n) is 6.51. The van der Waals surface area contributed by atoms with Gasteiger partial charge < -0.3 is 19.4 Å². The van der Waals surface area contributed by atoms with Crippen LogP contribution in [-0.2, 0) is 14.3 Å². The number of nitrogens with zero attached hydrogens (tertiary/aromatic N) is 1. The molecule has 0 aliphatic rings. The summed E-state index contributed by atoms with van der Waals surface area (Å²) >= 11 is 0. The van der Waals surface area contributed by atoms with Crippen LogP contribution in [0.15, 0.2) is 12.2 Å². The minimum absolute atomic E-state index is 0.183. The Kier molecular flexibility index (Phi) is 9.69. The number of carbonyl (C=O) groups excluding carboxylic acids is 1. The van der Waals surface area contributed by atoms with Crippen molar-refractivity contribution in [2.45, 2.75) is 51.2 Å². The van der Waals surface area contributed by atoms with E-state index in [9.17, 15) is 14.7 Å². The zero-order valence-corrected chi connectivity index (χ0v) is 14.1. The van der Waals surface area contributed by atoms with Crippen LogP contribution in [0.25, 0.3) is 0 Å². The van der Waals surface area contributed by atoms with Gasteiger partial charge in [0.15, 0.2) is 6.10 Å². The van der Waals surface area contributed by atoms with Gasteiger partial charge in [-0.2, -0.15) is 0 Å². The van der Waals surface area contributed by atoms with E-state index >= 15 is 0 Å². The van der Waals surface area contributed by atoms with Crippen molar-refractivity contribution in [2.24, 2.45) is 0 Å². The van der Waals surface area contributed by atoms with Crippen LogP contribution in [-0.4, -0.2) is 66.5 Å². The standard InChI is InChI=1S/C16H29NO5/c1-5-8-13(18)9-6-7-10-16(21)22-14(11-15(19)20)12-17(2,3)4/h6,9,13-14,18H,5,7-8,10-12H2,1-4H3/p+1/b9-6+. The highest BCUT2D eigenvalue weighted by molar-refractivity contribution is 5.71. The van der Waals surface area contributed by atoms with Gasteiger partial charge in [-0.15, -0.1) is 0 Å². The fourth-order valence-corrected chi connectivity index (χ4v) is 2.04. The summed E-state index contributed by atoms with van der Waals surface area (Å²) in [6.07, 6.45) is 4.41. The lowest BCUT2D eigenvalue weighted by Gasteiger charge is -2.28. The smallest absolute Gasteiger partial charge is 0.307 e. The fourth-order valence-electron chi connectivity index (χ4n) is 2.04. The van der Waals surface area contributed by atoms with Gasteiger partial charge in [0.05, 0.1) is 33.7 Å². The number of aliphatic hydroxyl groups is 1. The quantitative estimate of drug-likeness (QED) is 0.343. The second-order valence-corrected chi connectivity index (χ2v) is 6.51. The monoisotopic (exact) mass is 316 g/mol. The van der Waals surface area contributed by atoms with E-state index in [2.05, 4.69) is 0 Å². The first-order valence-electron chi connectivity index (χ1n) is 7.70. The first-order chi connectivity index (χ1) is 10.1. The van der Waals surface area contributed by atoms with Crippen molar-refractivity contribution in [3.8, 4) is 0 Å². The van der Waals surface area contributed by atoms with Crippen molar-refractivity contribution in [3.05, 3.63) is 12.2 Å². The molecule has 128 valence electrons. The van der Waals surface area contributed by atoms with Gasteiger partial charge in [0.1, 0.15) is 6.54 Å². The molecule has 0 spiro atoms. The maximum Gasteiger partial charge on any atom is 0.307 e. The van der Waals surface area contributed by atoms with Gasteiger partial charge in [-0.05, 0) is 12.8 Å². The van der Waals surface area contributed by atoms with Gasteiger partial charge in [-0.1, -0.05) is 25.5 Å². The number of carboxylic acid groups (broad SMARTS) is 1. The Bertz CT molecular complexity index is 373. The molecule has 0 aliphatic heterocycles. The minimum atomic E-state index is -0.978. The zero-order chi connectivity index (χ0) is 17.2. The first-order valence-corrected chi connectivity index (χ1v) is 7.70. The fraction of sp³-hybridized carbons (Fsp3) is 0.750. The average molecular weight is 316 g/mol. The van der Waals surface area contributed by atoms with Crippen LogP contribution >= 0.6 is 0 Å². The number of likely N-dealkylation sites (N-methyl/N-ethyl adjacent to an activating group) is 1. The van der Waals surface area contributed by atoms with Crippen LogP contribution in [0.1, 0.15) is 39.0 Å². The van der Waals surface area contributed by atoms with Crippen LogP contribution in [0.3, 0.4) is 0 Å². The number of carboxylic acids is 1. The van der Waals surface area contributed by atoms with E-state index in [1.54, 1.807) is 12.2 Å². The molecule has 6 heteroatoms. The molecule has 2 unspecified atom stereocenters. The third kappa shape index (κ3) is 12.3. The third-order valence-electron chi connectivity index (χ3n) is 2.91. The van der Waals surface area contributed by atoms with Crippen molar-refractivity contribution < 1.29 is 29.0 Å². The molecule has 2 N–H and O–H groups in total. The number of allylic oxidation sites excluding steroid dienone is 1. The predicted molar refractivity (Wildman–Crippen MR) is 84.3 cm³/mol. The van der Waals surface area contributed by atoms with E-state index in [4.69, 9.17) is 9.84 Å². The Labute approximate surface area is 133 Å². The molecule has 0 heterocycles. The minimum Gasteiger partial charge on any atom is -0.481 e. The molecule has 0 rings (SSSR count). The Balaban J connectivity index is 4.25. The normalized spacial score (nSPS) is 14.8. The number of hydrogen-bond donors (Lipinski definition) is 2. The van der Waals surface area contributed by atoms with Crippen LogP contribution in [0.5, 0.6) is 0 Å². The maximum atomic E-state index is 11.8. The number of quaternary nitrogens is 1. The van der Waals surface area contributed by atoms with Crippen molar-refractivity contribution >= 4 is 11.9 Å². The predicted octanol–water partition coefficient (Wildman–Crippen LogP) is 1.58. The summed E-state index contributed by atoms with van der Waals surface area (Å²) in [4.78, 5) is 22.6. The van der Waals surface area contributed by atoms with Crippen molar-refractivity contribution in [1.29, 1.82) is 0 Å². The molecule has 0 aromatic heterocycles.